The predicted molar refractivity (Wildman–Crippen MR) is 118 cm³/mol. The number of nitrogens with two attached hydrogens (primary N) is 1. The molecular formula is C24H38N2O4. The summed E-state index contributed by atoms with van der Waals surface area (Å²) in [6.45, 7) is -7.78. The second-order valence-corrected chi connectivity index (χ2v) is 7.53. The topological polar surface area (TPSA) is 74.0 Å². The highest BCUT2D eigenvalue weighted by atomic mass is 16.5. The van der Waals surface area contributed by atoms with Gasteiger partial charge in [0.05, 0.1) is 18.3 Å². The van der Waals surface area contributed by atoms with E-state index in [4.69, 9.17) is 33.7 Å². The smallest absolute Gasteiger partial charge is 0.323 e. The monoisotopic (exact) mass is 432 g/mol. The highest BCUT2D eigenvalue weighted by Gasteiger charge is 2.41. The molecule has 0 saturated carbocycles. The second-order valence-electron chi connectivity index (χ2n) is 7.53. The van der Waals surface area contributed by atoms with Crippen LogP contribution in [0.2, 0.25) is 0 Å². The first-order chi connectivity index (χ1) is 19.7. The van der Waals surface area contributed by atoms with Gasteiger partial charge in [0.15, 0.2) is 11.5 Å². The Morgan fingerprint density at radius 2 is 2.07 bits per heavy atom. The zero-order valence-corrected chi connectivity index (χ0v) is 17.6. The van der Waals surface area contributed by atoms with Gasteiger partial charge in [0, 0.05) is 46.4 Å². The number of benzene rings is 1. The molecule has 30 heavy (non-hydrogen) atoms. The van der Waals surface area contributed by atoms with Crippen molar-refractivity contribution < 1.29 is 38.2 Å². The Morgan fingerprint density at radius 3 is 2.70 bits per heavy atom. The molecule has 168 valence electrons. The molecule has 0 aliphatic carbocycles. The van der Waals surface area contributed by atoms with Crippen LogP contribution in [0, 0.1) is 17.7 Å². The molecule has 4 unspecified atom stereocenters. The van der Waals surface area contributed by atoms with E-state index in [2.05, 4.69) is 0 Å². The fraction of sp³-hybridized carbons (Fsp3) is 0.708. The third kappa shape index (κ3) is 4.75. The largest absolute Gasteiger partial charge is 0.493 e. The summed E-state index contributed by atoms with van der Waals surface area (Å²) in [5.74, 6) is -9.33. The van der Waals surface area contributed by atoms with Gasteiger partial charge in [0.2, 0.25) is 0 Å². The van der Waals surface area contributed by atoms with E-state index in [-0.39, 0.29) is 30.0 Å². The molecule has 1 aromatic rings. The lowest BCUT2D eigenvalue weighted by Gasteiger charge is -2.47. The molecule has 0 aromatic heterocycles. The Balaban J connectivity index is 2.34. The molecule has 0 spiro atoms. The summed E-state index contributed by atoms with van der Waals surface area (Å²) in [7, 11) is 2.69. The summed E-state index contributed by atoms with van der Waals surface area (Å²) in [5, 5.41) is 0. The van der Waals surface area contributed by atoms with Gasteiger partial charge < -0.3 is 19.9 Å². The highest BCUT2D eigenvalue weighted by Crippen LogP contribution is 2.44. The molecule has 2 heterocycles. The fourth-order valence-corrected chi connectivity index (χ4v) is 3.47. The zero-order chi connectivity index (χ0) is 34.3. The third-order valence-corrected chi connectivity index (χ3v) is 4.92. The van der Waals surface area contributed by atoms with E-state index in [0.29, 0.717) is 5.56 Å². The van der Waals surface area contributed by atoms with E-state index in [1.54, 1.807) is 13.8 Å². The maximum atomic E-state index is 13.6. The van der Waals surface area contributed by atoms with Crippen molar-refractivity contribution in [3.8, 4) is 11.5 Å². The molecule has 1 fully saturated rings. The quantitative estimate of drug-likeness (QED) is 0.664. The molecule has 1 aromatic carbocycles. The van der Waals surface area contributed by atoms with Crippen molar-refractivity contribution in [1.29, 1.82) is 0 Å². The van der Waals surface area contributed by atoms with Gasteiger partial charge in [-0.25, -0.2) is 0 Å². The Hall–Kier alpha value is -1.79. The van der Waals surface area contributed by atoms with Gasteiger partial charge >= 0.3 is 5.97 Å². The van der Waals surface area contributed by atoms with Crippen LogP contribution in [0.15, 0.2) is 12.1 Å². The number of carbonyl (C=O) groups excluding carboxylic acids is 1. The Morgan fingerprint density at radius 1 is 1.37 bits per heavy atom. The molecule has 2 N–H and O–H groups in total. The number of rotatable bonds is 7. The normalized spacial score (nSPS) is 45.5. The Kier molecular flexibility index (Phi) is 3.41. The first-order valence-corrected chi connectivity index (χ1v) is 9.64. The summed E-state index contributed by atoms with van der Waals surface area (Å²) < 4.78 is 135. The lowest BCUT2D eigenvalue weighted by atomic mass is 9.79. The van der Waals surface area contributed by atoms with E-state index in [1.807, 2.05) is 0 Å². The van der Waals surface area contributed by atoms with Crippen LogP contribution in [0.5, 0.6) is 11.5 Å². The van der Waals surface area contributed by atoms with Crippen LogP contribution in [-0.4, -0.2) is 50.2 Å². The molecule has 0 amide bonds. The lowest BCUT2D eigenvalue weighted by molar-refractivity contribution is -0.160. The number of esters is 1. The SMILES string of the molecule is [2H]C1C2([2H])c3cc(OC)c(OC)cc3CCN2C([2H])([2H])C([2H])(CC(C)C)C1([2H])OC(=O)[C@@]([2H])(N)C([2H])(C([2H])([2H])[2H])C([2H])([2H])[2H]. The minimum Gasteiger partial charge on any atom is -0.493 e. The van der Waals surface area contributed by atoms with Gasteiger partial charge in [0.1, 0.15) is 12.1 Å². The van der Waals surface area contributed by atoms with Crippen LogP contribution in [0.3, 0.4) is 0 Å². The van der Waals surface area contributed by atoms with Crippen LogP contribution >= 0.6 is 0 Å². The van der Waals surface area contributed by atoms with Crippen LogP contribution in [0.4, 0.5) is 0 Å². The Labute approximate surface area is 200 Å². The molecule has 2 aliphatic rings. The fourth-order valence-electron chi connectivity index (χ4n) is 3.47. The number of carbonyl (C=O) groups is 1. The first-order valence-electron chi connectivity index (χ1n) is 16.7. The number of hydrogen-bond donors (Lipinski definition) is 1. The number of hydrogen-bond acceptors (Lipinski definition) is 6. The number of methoxy groups -OCH3 is 2. The van der Waals surface area contributed by atoms with Crippen LogP contribution in [0.25, 0.3) is 0 Å². The lowest BCUT2D eigenvalue weighted by Crippen LogP contribution is -2.51. The third-order valence-electron chi connectivity index (χ3n) is 4.92. The van der Waals surface area contributed by atoms with Gasteiger partial charge in [-0.2, -0.15) is 0 Å². The average molecular weight is 433 g/mol. The molecule has 0 radical (unpaired) electrons. The minimum absolute atomic E-state index is 0.0192. The van der Waals surface area contributed by atoms with Crippen molar-refractivity contribution in [2.45, 2.75) is 64.9 Å². The summed E-state index contributed by atoms with van der Waals surface area (Å²) in [6, 6.07) is -3.64. The van der Waals surface area contributed by atoms with Gasteiger partial charge in [0.25, 0.3) is 0 Å². The van der Waals surface area contributed by atoms with E-state index in [9.17, 15) is 10.3 Å². The minimum atomic E-state index is -4.01. The number of fused-ring (bicyclic) bond motifs is 3. The number of ether oxygens (including phenoxy) is 3. The summed E-state index contributed by atoms with van der Waals surface area (Å²) in [4.78, 5) is 14.6. The first kappa shape index (κ1) is 10.7. The number of nitrogens with zero attached hydrogens (tertiary/aromatic N) is 1. The van der Waals surface area contributed by atoms with Crippen molar-refractivity contribution in [1.82, 2.24) is 4.90 Å². The second kappa shape index (κ2) is 9.56. The van der Waals surface area contributed by atoms with Crippen LogP contribution in [0.1, 0.15) is 76.7 Å². The molecule has 0 bridgehead atoms. The van der Waals surface area contributed by atoms with E-state index in [1.165, 1.54) is 26.4 Å². The van der Waals surface area contributed by atoms with Crippen molar-refractivity contribution >= 4 is 5.97 Å². The molecular weight excluding hydrogens is 380 g/mol. The molecule has 2 aliphatic heterocycles. The predicted octanol–water partition coefficient (Wildman–Crippen LogP) is 3.56. The summed E-state index contributed by atoms with van der Waals surface area (Å²) in [6.07, 6.45) is -6.15. The van der Waals surface area contributed by atoms with Gasteiger partial charge in [-0.1, -0.05) is 27.6 Å². The van der Waals surface area contributed by atoms with Gasteiger partial charge in [-0.05, 0) is 47.9 Å². The average Bonchev–Trinajstić information content (AvgIpc) is 2.88. The highest BCUT2D eigenvalue weighted by molar-refractivity contribution is 5.76. The molecule has 5 atom stereocenters. The molecule has 6 nitrogen and oxygen atoms in total. The van der Waals surface area contributed by atoms with Gasteiger partial charge in [-0.3, -0.25) is 9.69 Å². The van der Waals surface area contributed by atoms with Gasteiger partial charge in [-0.15, -0.1) is 0 Å². The molecule has 6 heteroatoms. The molecule has 1 saturated heterocycles. The van der Waals surface area contributed by atoms with Crippen molar-refractivity contribution in [3.05, 3.63) is 23.3 Å². The number of piperidine rings is 1. The zero-order valence-electron chi connectivity index (χ0n) is 31.6. The summed E-state index contributed by atoms with van der Waals surface area (Å²) in [5.41, 5.74) is 6.10. The van der Waals surface area contributed by atoms with E-state index < -0.39 is 74.8 Å². The van der Waals surface area contributed by atoms with Crippen molar-refractivity contribution in [3.63, 3.8) is 0 Å². The van der Waals surface area contributed by atoms with Crippen LogP contribution < -0.4 is 15.2 Å². The molecule has 3 rings (SSSR count). The standard InChI is InChI=1S/C24H38N2O4/c1-14(2)9-17-13-26-8-7-16-10-21(28-5)22(29-6)11-18(16)19(26)12-20(17)30-24(27)23(25)15(3)4/h10-11,14-15,17,19-20,23H,7-9,12-13,25H2,1-6H3/t17?,19?,20?,23-/m0/s1/i3D3,4D3,12D,13D2,15D,17D,19D,20D,23D/t12?,17?,19?,20?,23-. The maximum absolute atomic E-state index is 13.6. The van der Waals surface area contributed by atoms with E-state index >= 15 is 0 Å². The maximum Gasteiger partial charge on any atom is 0.323 e. The van der Waals surface area contributed by atoms with Crippen LogP contribution in [-0.2, 0) is 16.0 Å². The van der Waals surface area contributed by atoms with E-state index in [0.717, 1.165) is 4.90 Å². The van der Waals surface area contributed by atoms with Crippen molar-refractivity contribution in [2.75, 3.05) is 27.3 Å². The Bertz CT molecular complexity index is 1270. The summed E-state index contributed by atoms with van der Waals surface area (Å²) >= 11 is 0. The van der Waals surface area contributed by atoms with Crippen molar-refractivity contribution in [2.24, 2.45) is 23.4 Å².